The molecule has 0 spiro atoms. The second-order valence-corrected chi connectivity index (χ2v) is 1.11. The fourth-order valence-electron chi connectivity index (χ4n) is 0.225. The van der Waals surface area contributed by atoms with Gasteiger partial charge in [-0.25, -0.2) is 4.79 Å². The fourth-order valence-corrected chi connectivity index (χ4v) is 0.225. The van der Waals surface area contributed by atoms with Crippen LogP contribution >= 0.6 is 0 Å². The Morgan fingerprint density at radius 1 is 1.89 bits per heavy atom. The molecule has 0 radical (unpaired) electrons. The maximum atomic E-state index is 10.2. The molecule has 6 nitrogen and oxygen atoms in total. The normalized spacial score (nSPS) is 8.78. The van der Waals surface area contributed by atoms with Gasteiger partial charge in [-0.05, 0) is 6.92 Å². The van der Waals surface area contributed by atoms with E-state index in [0.29, 0.717) is 0 Å². The minimum Gasteiger partial charge on any atom is -0.447 e. The molecule has 0 aromatic carbocycles. The summed E-state index contributed by atoms with van der Waals surface area (Å²) in [6.45, 7) is 1.71. The van der Waals surface area contributed by atoms with Crippen LogP contribution in [0.3, 0.4) is 0 Å². The number of hydroxylamine groups is 1. The van der Waals surface area contributed by atoms with Crippen LogP contribution in [-0.4, -0.2) is 28.3 Å². The first-order valence-electron chi connectivity index (χ1n) is 2.27. The summed E-state index contributed by atoms with van der Waals surface area (Å²) < 4.78 is 4.21. The van der Waals surface area contributed by atoms with Crippen LogP contribution < -0.4 is 5.59 Å². The zero-order chi connectivity index (χ0) is 7.28. The lowest BCUT2D eigenvalue weighted by Crippen LogP contribution is -2.38. The largest absolute Gasteiger partial charge is 0.451 e. The molecule has 0 fully saturated rings. The number of nitrogens with one attached hydrogen (secondary N) is 1. The summed E-state index contributed by atoms with van der Waals surface area (Å²) in [7, 11) is 0. The van der Waals surface area contributed by atoms with Crippen LogP contribution in [-0.2, 0) is 4.74 Å². The van der Waals surface area contributed by atoms with Crippen LogP contribution in [0.2, 0.25) is 0 Å². The first kappa shape index (κ1) is 8.15. The van der Waals surface area contributed by atoms with Crippen LogP contribution in [0.15, 0.2) is 0 Å². The topological polar surface area (TPSA) is 82.0 Å². The van der Waals surface area contributed by atoms with Crippen molar-refractivity contribution < 1.29 is 19.9 Å². The van der Waals surface area contributed by atoms with Crippen molar-refractivity contribution in [3.05, 3.63) is 0 Å². The second-order valence-electron chi connectivity index (χ2n) is 1.11. The van der Waals surface area contributed by atoms with Gasteiger partial charge < -0.3 is 4.74 Å². The average molecular weight is 136 g/mol. The van der Waals surface area contributed by atoms with Crippen molar-refractivity contribution in [2.75, 3.05) is 6.61 Å². The third kappa shape index (κ3) is 2.85. The van der Waals surface area contributed by atoms with E-state index in [1.54, 1.807) is 6.92 Å². The second kappa shape index (κ2) is 4.07. The lowest BCUT2D eigenvalue weighted by atomic mass is 10.9. The van der Waals surface area contributed by atoms with Crippen molar-refractivity contribution in [3.63, 3.8) is 0 Å². The predicted molar refractivity (Wildman–Crippen MR) is 25.6 cm³/mol. The lowest BCUT2D eigenvalue weighted by molar-refractivity contribution is -0.188. The van der Waals surface area contributed by atoms with E-state index in [2.05, 4.69) is 4.74 Å². The monoisotopic (exact) mass is 136 g/mol. The van der Waals surface area contributed by atoms with Gasteiger partial charge in [0.05, 0.1) is 6.61 Å². The van der Waals surface area contributed by atoms with Gasteiger partial charge in [-0.3, -0.25) is 10.4 Å². The molecule has 0 saturated heterocycles. The number of carbonyl (C=O) groups is 1. The Morgan fingerprint density at radius 2 is 2.44 bits per heavy atom. The minimum atomic E-state index is -1.06. The maximum absolute atomic E-state index is 10.2. The summed E-state index contributed by atoms with van der Waals surface area (Å²) in [5.74, 6) is 0. The van der Waals surface area contributed by atoms with Crippen molar-refractivity contribution in [3.8, 4) is 0 Å². The summed E-state index contributed by atoms with van der Waals surface area (Å²) in [4.78, 5) is 10.2. The van der Waals surface area contributed by atoms with E-state index in [0.717, 1.165) is 5.59 Å². The van der Waals surface area contributed by atoms with Gasteiger partial charge in [0.15, 0.2) is 0 Å². The van der Waals surface area contributed by atoms with E-state index in [9.17, 15) is 4.79 Å². The third-order valence-corrected chi connectivity index (χ3v) is 0.535. The molecule has 54 valence electrons. The quantitative estimate of drug-likeness (QED) is 0.359. The number of hydrogen-bond donors (Lipinski definition) is 3. The van der Waals surface area contributed by atoms with E-state index >= 15 is 0 Å². The van der Waals surface area contributed by atoms with Gasteiger partial charge in [0.1, 0.15) is 0 Å². The Labute approximate surface area is 51.5 Å². The van der Waals surface area contributed by atoms with Crippen molar-refractivity contribution in [1.82, 2.24) is 10.8 Å². The number of hydrogen-bond acceptors (Lipinski definition) is 5. The van der Waals surface area contributed by atoms with Gasteiger partial charge in [0, 0.05) is 0 Å². The molecule has 0 atom stereocenters. The standard InChI is InChI=1S/C3H8N2O4/c1-2-9-3(6)5(8)4-7/h4,7-8H,2H2,1H3. The predicted octanol–water partition coefficient (Wildman–Crippen LogP) is -0.272. The molecule has 0 heterocycles. The number of rotatable bonds is 2. The van der Waals surface area contributed by atoms with Gasteiger partial charge >= 0.3 is 6.09 Å². The van der Waals surface area contributed by atoms with Crippen LogP contribution in [0.1, 0.15) is 6.92 Å². The number of nitrogens with zero attached hydrogens (tertiary/aromatic N) is 1. The highest BCUT2D eigenvalue weighted by Gasteiger charge is 2.08. The van der Waals surface area contributed by atoms with Crippen LogP contribution in [0.5, 0.6) is 0 Å². The van der Waals surface area contributed by atoms with Gasteiger partial charge in [-0.1, -0.05) is 10.8 Å². The van der Waals surface area contributed by atoms with E-state index in [-0.39, 0.29) is 11.8 Å². The molecular weight excluding hydrogens is 128 g/mol. The molecule has 0 aliphatic carbocycles. The Kier molecular flexibility index (Phi) is 3.69. The number of amides is 1. The summed E-state index contributed by atoms with van der Waals surface area (Å²) in [6, 6.07) is 0. The Morgan fingerprint density at radius 3 is 2.78 bits per heavy atom. The molecule has 0 saturated carbocycles. The molecule has 1 amide bonds. The lowest BCUT2D eigenvalue weighted by Gasteiger charge is -2.09. The minimum absolute atomic E-state index is 0.136. The van der Waals surface area contributed by atoms with Crippen molar-refractivity contribution in [1.29, 1.82) is 0 Å². The molecule has 0 aromatic rings. The molecule has 0 bridgehead atoms. The molecule has 0 aliphatic rings. The molecule has 6 heteroatoms. The fraction of sp³-hybridized carbons (Fsp3) is 0.667. The molecule has 9 heavy (non-hydrogen) atoms. The average Bonchev–Trinajstić information content (AvgIpc) is 1.87. The highest BCUT2D eigenvalue weighted by atomic mass is 16.7. The van der Waals surface area contributed by atoms with Crippen molar-refractivity contribution in [2.45, 2.75) is 6.92 Å². The van der Waals surface area contributed by atoms with Gasteiger partial charge in [0.2, 0.25) is 0 Å². The summed E-state index contributed by atoms with van der Waals surface area (Å²) in [6.07, 6.45) is -1.06. The highest BCUT2D eigenvalue weighted by molar-refractivity contribution is 5.65. The third-order valence-electron chi connectivity index (χ3n) is 0.535. The first-order valence-corrected chi connectivity index (χ1v) is 2.27. The Hall–Kier alpha value is -0.850. The molecule has 0 aromatic heterocycles. The molecule has 0 unspecified atom stereocenters. The molecule has 3 N–H and O–H groups in total. The zero-order valence-electron chi connectivity index (χ0n) is 4.87. The van der Waals surface area contributed by atoms with Crippen molar-refractivity contribution >= 4 is 6.09 Å². The van der Waals surface area contributed by atoms with Crippen LogP contribution in [0.4, 0.5) is 4.79 Å². The summed E-state index contributed by atoms with van der Waals surface area (Å²) in [5, 5.41) is 15.9. The van der Waals surface area contributed by atoms with E-state index < -0.39 is 6.09 Å². The molecular formula is C3H8N2O4. The van der Waals surface area contributed by atoms with E-state index in [4.69, 9.17) is 10.4 Å². The first-order chi connectivity index (χ1) is 4.22. The Bertz CT molecular complexity index is 95.8. The number of hydrazine groups is 1. The SMILES string of the molecule is CCOC(=O)N(O)NO. The van der Waals surface area contributed by atoms with Crippen molar-refractivity contribution in [2.24, 2.45) is 0 Å². The van der Waals surface area contributed by atoms with Gasteiger partial charge in [0.25, 0.3) is 0 Å². The smallest absolute Gasteiger partial charge is 0.447 e. The van der Waals surface area contributed by atoms with Crippen LogP contribution in [0, 0.1) is 0 Å². The van der Waals surface area contributed by atoms with E-state index in [1.807, 2.05) is 0 Å². The number of ether oxygens (including phenoxy) is 1. The molecule has 0 rings (SSSR count). The maximum Gasteiger partial charge on any atom is 0.451 e. The van der Waals surface area contributed by atoms with Crippen LogP contribution in [0.25, 0.3) is 0 Å². The van der Waals surface area contributed by atoms with E-state index in [1.165, 1.54) is 0 Å². The van der Waals surface area contributed by atoms with Gasteiger partial charge in [-0.2, -0.15) is 0 Å². The molecule has 0 aliphatic heterocycles. The zero-order valence-corrected chi connectivity index (χ0v) is 4.87. The highest BCUT2D eigenvalue weighted by Crippen LogP contribution is 1.82. The summed E-state index contributed by atoms with van der Waals surface area (Å²) >= 11 is 0. The van der Waals surface area contributed by atoms with Gasteiger partial charge in [-0.15, -0.1) is 0 Å². The Balaban J connectivity index is 3.46. The summed E-state index contributed by atoms with van der Waals surface area (Å²) in [5.41, 5.74) is 1.16. The number of carbonyl (C=O) groups excluding carboxylic acids is 1.